The van der Waals surface area contributed by atoms with Crippen molar-refractivity contribution in [2.45, 2.75) is 33.2 Å². The lowest BCUT2D eigenvalue weighted by atomic mass is 10.0. The SMILES string of the molecule is CCOc1ccc(N(C)C(=O)C(C)(C)NC)cc1C. The maximum Gasteiger partial charge on any atom is 0.246 e. The summed E-state index contributed by atoms with van der Waals surface area (Å²) in [5, 5.41) is 3.02. The maximum atomic E-state index is 12.4. The van der Waals surface area contributed by atoms with Gasteiger partial charge < -0.3 is 15.0 Å². The highest BCUT2D eigenvalue weighted by Gasteiger charge is 2.29. The number of ether oxygens (including phenoxy) is 1. The number of anilines is 1. The van der Waals surface area contributed by atoms with Crippen molar-refractivity contribution in [2.24, 2.45) is 0 Å². The molecular formula is C15H24N2O2. The van der Waals surface area contributed by atoms with Gasteiger partial charge in [0.1, 0.15) is 5.75 Å². The summed E-state index contributed by atoms with van der Waals surface area (Å²) in [5.74, 6) is 0.888. The number of rotatable bonds is 5. The van der Waals surface area contributed by atoms with Gasteiger partial charge in [0.2, 0.25) is 5.91 Å². The average Bonchev–Trinajstić information content (AvgIpc) is 2.39. The molecule has 0 atom stereocenters. The second kappa shape index (κ2) is 6.06. The maximum absolute atomic E-state index is 12.4. The number of likely N-dealkylation sites (N-methyl/N-ethyl adjacent to an activating group) is 2. The van der Waals surface area contributed by atoms with E-state index < -0.39 is 5.54 Å². The lowest BCUT2D eigenvalue weighted by molar-refractivity contribution is -0.123. The Morgan fingerprint density at radius 2 is 2.05 bits per heavy atom. The average molecular weight is 264 g/mol. The van der Waals surface area contributed by atoms with Crippen molar-refractivity contribution >= 4 is 11.6 Å². The third-order valence-corrected chi connectivity index (χ3v) is 3.31. The smallest absolute Gasteiger partial charge is 0.246 e. The summed E-state index contributed by atoms with van der Waals surface area (Å²) < 4.78 is 5.50. The third-order valence-electron chi connectivity index (χ3n) is 3.31. The fourth-order valence-corrected chi connectivity index (χ4v) is 1.80. The molecule has 0 aliphatic rings. The van der Waals surface area contributed by atoms with Gasteiger partial charge in [-0.15, -0.1) is 0 Å². The number of benzene rings is 1. The summed E-state index contributed by atoms with van der Waals surface area (Å²) in [6.07, 6.45) is 0. The van der Waals surface area contributed by atoms with E-state index in [0.717, 1.165) is 17.0 Å². The van der Waals surface area contributed by atoms with Crippen LogP contribution in [0.3, 0.4) is 0 Å². The minimum atomic E-state index is -0.582. The van der Waals surface area contributed by atoms with E-state index in [2.05, 4.69) is 5.32 Å². The Bertz CT molecular complexity index is 455. The highest BCUT2D eigenvalue weighted by Crippen LogP contribution is 2.25. The Kier molecular flexibility index (Phi) is 4.95. The molecule has 0 fully saturated rings. The minimum absolute atomic E-state index is 0.0264. The molecule has 1 amide bonds. The zero-order valence-electron chi connectivity index (χ0n) is 12.7. The van der Waals surface area contributed by atoms with Crippen LogP contribution in [0.5, 0.6) is 5.75 Å². The monoisotopic (exact) mass is 264 g/mol. The second-order valence-electron chi connectivity index (χ2n) is 5.12. The van der Waals surface area contributed by atoms with Crippen molar-refractivity contribution in [1.82, 2.24) is 5.32 Å². The molecule has 1 aromatic rings. The minimum Gasteiger partial charge on any atom is -0.494 e. The van der Waals surface area contributed by atoms with Crippen LogP contribution in [0.25, 0.3) is 0 Å². The fourth-order valence-electron chi connectivity index (χ4n) is 1.80. The summed E-state index contributed by atoms with van der Waals surface area (Å²) in [6.45, 7) is 8.32. The van der Waals surface area contributed by atoms with Gasteiger partial charge in [-0.3, -0.25) is 4.79 Å². The van der Waals surface area contributed by atoms with Crippen molar-refractivity contribution in [1.29, 1.82) is 0 Å². The summed E-state index contributed by atoms with van der Waals surface area (Å²) in [6, 6.07) is 5.78. The molecule has 1 aromatic carbocycles. The first-order valence-electron chi connectivity index (χ1n) is 6.54. The zero-order valence-corrected chi connectivity index (χ0v) is 12.7. The summed E-state index contributed by atoms with van der Waals surface area (Å²) >= 11 is 0. The molecule has 19 heavy (non-hydrogen) atoms. The molecule has 106 valence electrons. The Balaban J connectivity index is 2.98. The Labute approximate surface area is 115 Å². The van der Waals surface area contributed by atoms with Gasteiger partial charge in [-0.25, -0.2) is 0 Å². The largest absolute Gasteiger partial charge is 0.494 e. The van der Waals surface area contributed by atoms with Crippen molar-refractivity contribution in [3.63, 3.8) is 0 Å². The van der Waals surface area contributed by atoms with Crippen LogP contribution in [0.2, 0.25) is 0 Å². The highest BCUT2D eigenvalue weighted by molar-refractivity contribution is 5.99. The lowest BCUT2D eigenvalue weighted by Crippen LogP contribution is -2.51. The Hall–Kier alpha value is -1.55. The lowest BCUT2D eigenvalue weighted by Gasteiger charge is -2.29. The van der Waals surface area contributed by atoms with Gasteiger partial charge in [-0.1, -0.05) is 0 Å². The molecule has 4 heteroatoms. The van der Waals surface area contributed by atoms with E-state index in [1.807, 2.05) is 45.9 Å². The molecule has 0 heterocycles. The number of aryl methyl sites for hydroxylation is 1. The Morgan fingerprint density at radius 1 is 1.42 bits per heavy atom. The van der Waals surface area contributed by atoms with Gasteiger partial charge in [-0.05, 0) is 58.5 Å². The van der Waals surface area contributed by atoms with Crippen molar-refractivity contribution < 1.29 is 9.53 Å². The predicted molar refractivity (Wildman–Crippen MR) is 78.9 cm³/mol. The van der Waals surface area contributed by atoms with Crippen molar-refractivity contribution in [3.05, 3.63) is 23.8 Å². The molecule has 0 aliphatic heterocycles. The first-order chi connectivity index (χ1) is 8.83. The normalized spacial score (nSPS) is 11.3. The van der Waals surface area contributed by atoms with Gasteiger partial charge in [0, 0.05) is 12.7 Å². The van der Waals surface area contributed by atoms with Crippen LogP contribution in [-0.4, -0.2) is 32.1 Å². The van der Waals surface area contributed by atoms with Gasteiger partial charge >= 0.3 is 0 Å². The van der Waals surface area contributed by atoms with E-state index in [4.69, 9.17) is 4.74 Å². The standard InChI is InChI=1S/C15H24N2O2/c1-7-19-13-9-8-12(10-11(13)2)17(6)14(18)15(3,4)16-5/h8-10,16H,7H2,1-6H3. The first-order valence-corrected chi connectivity index (χ1v) is 6.54. The molecule has 0 unspecified atom stereocenters. The van der Waals surface area contributed by atoms with E-state index in [1.165, 1.54) is 0 Å². The predicted octanol–water partition coefficient (Wildman–Crippen LogP) is 2.35. The second-order valence-corrected chi connectivity index (χ2v) is 5.12. The van der Waals surface area contributed by atoms with Crippen molar-refractivity contribution in [3.8, 4) is 5.75 Å². The van der Waals surface area contributed by atoms with Crippen LogP contribution in [0.15, 0.2) is 18.2 Å². The summed E-state index contributed by atoms with van der Waals surface area (Å²) in [7, 11) is 3.58. The van der Waals surface area contributed by atoms with Crippen LogP contribution in [0.1, 0.15) is 26.3 Å². The molecule has 4 nitrogen and oxygen atoms in total. The molecule has 1 rings (SSSR count). The van der Waals surface area contributed by atoms with Crippen LogP contribution in [-0.2, 0) is 4.79 Å². The number of carbonyl (C=O) groups is 1. The molecule has 0 bridgehead atoms. The number of nitrogens with zero attached hydrogens (tertiary/aromatic N) is 1. The van der Waals surface area contributed by atoms with Gasteiger partial charge in [0.25, 0.3) is 0 Å². The molecule has 0 saturated carbocycles. The Morgan fingerprint density at radius 3 is 2.53 bits per heavy atom. The number of hydrogen-bond acceptors (Lipinski definition) is 3. The highest BCUT2D eigenvalue weighted by atomic mass is 16.5. The van der Waals surface area contributed by atoms with E-state index in [0.29, 0.717) is 6.61 Å². The molecule has 1 N–H and O–H groups in total. The summed E-state index contributed by atoms with van der Waals surface area (Å²) in [4.78, 5) is 14.0. The van der Waals surface area contributed by atoms with E-state index in [9.17, 15) is 4.79 Å². The van der Waals surface area contributed by atoms with Crippen molar-refractivity contribution in [2.75, 3.05) is 25.6 Å². The van der Waals surface area contributed by atoms with Crippen LogP contribution < -0.4 is 15.0 Å². The number of hydrogen-bond donors (Lipinski definition) is 1. The third kappa shape index (κ3) is 3.47. The van der Waals surface area contributed by atoms with Crippen LogP contribution in [0.4, 0.5) is 5.69 Å². The van der Waals surface area contributed by atoms with E-state index in [1.54, 1.807) is 19.0 Å². The molecule has 0 radical (unpaired) electrons. The van der Waals surface area contributed by atoms with E-state index in [-0.39, 0.29) is 5.91 Å². The number of amides is 1. The van der Waals surface area contributed by atoms with Crippen LogP contribution in [0, 0.1) is 6.92 Å². The number of carbonyl (C=O) groups excluding carboxylic acids is 1. The zero-order chi connectivity index (χ0) is 14.6. The number of nitrogens with one attached hydrogen (secondary N) is 1. The van der Waals surface area contributed by atoms with Crippen LogP contribution >= 0.6 is 0 Å². The van der Waals surface area contributed by atoms with E-state index >= 15 is 0 Å². The van der Waals surface area contributed by atoms with Gasteiger partial charge in [0.05, 0.1) is 12.1 Å². The van der Waals surface area contributed by atoms with Gasteiger partial charge in [-0.2, -0.15) is 0 Å². The topological polar surface area (TPSA) is 41.6 Å². The molecular weight excluding hydrogens is 240 g/mol. The molecule has 0 aliphatic carbocycles. The first kappa shape index (κ1) is 15.5. The van der Waals surface area contributed by atoms with Gasteiger partial charge in [0.15, 0.2) is 0 Å². The fraction of sp³-hybridized carbons (Fsp3) is 0.533. The molecule has 0 spiro atoms. The molecule has 0 aromatic heterocycles. The molecule has 0 saturated heterocycles. The quantitative estimate of drug-likeness (QED) is 0.887. The summed E-state index contributed by atoms with van der Waals surface area (Å²) in [5.41, 5.74) is 1.32.